The fraction of sp³-hybridized carbons (Fsp3) is 0.900. The van der Waals surface area contributed by atoms with Gasteiger partial charge in [-0.3, -0.25) is 4.79 Å². The summed E-state index contributed by atoms with van der Waals surface area (Å²) >= 11 is 0. The van der Waals surface area contributed by atoms with Gasteiger partial charge in [0.25, 0.3) is 0 Å². The first-order chi connectivity index (χ1) is 6.72. The van der Waals surface area contributed by atoms with Crippen LogP contribution < -0.4 is 0 Å². The summed E-state index contributed by atoms with van der Waals surface area (Å²) in [6.45, 7) is 2.26. The summed E-state index contributed by atoms with van der Waals surface area (Å²) in [7, 11) is 0. The predicted molar refractivity (Wildman–Crippen MR) is 50.6 cm³/mol. The number of hydrogen-bond acceptors (Lipinski definition) is 4. The van der Waals surface area contributed by atoms with Crippen LogP contribution >= 0.6 is 0 Å². The number of hydrogen-bond donors (Lipinski definition) is 1. The van der Waals surface area contributed by atoms with Crippen LogP contribution in [0.15, 0.2) is 0 Å². The monoisotopic (exact) mass is 202 g/mol. The van der Waals surface area contributed by atoms with Crippen LogP contribution in [0.4, 0.5) is 0 Å². The highest BCUT2D eigenvalue weighted by Gasteiger charge is 2.20. The SMILES string of the molecule is CCCC(=O)OC1CCCC(O)OC1. The van der Waals surface area contributed by atoms with E-state index in [1.54, 1.807) is 0 Å². The van der Waals surface area contributed by atoms with Crippen molar-refractivity contribution in [2.24, 2.45) is 0 Å². The minimum Gasteiger partial charge on any atom is -0.460 e. The lowest BCUT2D eigenvalue weighted by Crippen LogP contribution is -2.23. The van der Waals surface area contributed by atoms with E-state index < -0.39 is 6.29 Å². The largest absolute Gasteiger partial charge is 0.460 e. The minimum absolute atomic E-state index is 0.169. The molecule has 0 aliphatic carbocycles. The number of rotatable bonds is 3. The molecule has 1 heterocycles. The van der Waals surface area contributed by atoms with Gasteiger partial charge < -0.3 is 14.6 Å². The Morgan fingerprint density at radius 1 is 1.57 bits per heavy atom. The molecule has 2 unspecified atom stereocenters. The molecule has 2 atom stereocenters. The van der Waals surface area contributed by atoms with E-state index in [0.717, 1.165) is 19.3 Å². The Kier molecular flexibility index (Phi) is 4.90. The maximum Gasteiger partial charge on any atom is 0.306 e. The fourth-order valence-corrected chi connectivity index (χ4v) is 1.45. The van der Waals surface area contributed by atoms with Gasteiger partial charge in [0.2, 0.25) is 0 Å². The van der Waals surface area contributed by atoms with Crippen molar-refractivity contribution >= 4 is 5.97 Å². The van der Waals surface area contributed by atoms with Crippen molar-refractivity contribution in [1.29, 1.82) is 0 Å². The number of ether oxygens (including phenoxy) is 2. The van der Waals surface area contributed by atoms with Crippen LogP contribution in [0.2, 0.25) is 0 Å². The molecule has 0 bridgehead atoms. The van der Waals surface area contributed by atoms with Crippen molar-refractivity contribution in [2.75, 3.05) is 6.61 Å². The molecule has 0 spiro atoms. The van der Waals surface area contributed by atoms with Crippen molar-refractivity contribution in [1.82, 2.24) is 0 Å². The van der Waals surface area contributed by atoms with Crippen LogP contribution in [0.5, 0.6) is 0 Å². The van der Waals surface area contributed by atoms with Gasteiger partial charge in [0, 0.05) is 6.42 Å². The zero-order valence-electron chi connectivity index (χ0n) is 8.57. The van der Waals surface area contributed by atoms with E-state index in [9.17, 15) is 9.90 Å². The molecule has 0 amide bonds. The Morgan fingerprint density at radius 2 is 2.36 bits per heavy atom. The van der Waals surface area contributed by atoms with Crippen LogP contribution in [-0.2, 0) is 14.3 Å². The quantitative estimate of drug-likeness (QED) is 0.699. The van der Waals surface area contributed by atoms with E-state index in [1.165, 1.54) is 0 Å². The molecule has 1 aliphatic rings. The number of carbonyl (C=O) groups is 1. The third-order valence-corrected chi connectivity index (χ3v) is 2.20. The van der Waals surface area contributed by atoms with Crippen LogP contribution in [0, 0.1) is 0 Å². The highest BCUT2D eigenvalue weighted by Crippen LogP contribution is 2.15. The van der Waals surface area contributed by atoms with Crippen molar-refractivity contribution in [2.45, 2.75) is 51.4 Å². The van der Waals surface area contributed by atoms with Crippen LogP contribution in [0.25, 0.3) is 0 Å². The smallest absolute Gasteiger partial charge is 0.306 e. The Balaban J connectivity index is 2.26. The van der Waals surface area contributed by atoms with Gasteiger partial charge in [-0.05, 0) is 25.7 Å². The lowest BCUT2D eigenvalue weighted by molar-refractivity contribution is -0.158. The van der Waals surface area contributed by atoms with Gasteiger partial charge in [0.1, 0.15) is 6.10 Å². The summed E-state index contributed by atoms with van der Waals surface area (Å²) in [5.41, 5.74) is 0. The van der Waals surface area contributed by atoms with Gasteiger partial charge in [-0.2, -0.15) is 0 Å². The zero-order valence-corrected chi connectivity index (χ0v) is 8.57. The molecule has 1 saturated heterocycles. The standard InChI is InChI=1S/C10H18O4/c1-2-4-10(12)14-8-5-3-6-9(11)13-7-8/h8-9,11H,2-7H2,1H3. The third-order valence-electron chi connectivity index (χ3n) is 2.20. The van der Waals surface area contributed by atoms with E-state index in [-0.39, 0.29) is 12.1 Å². The average molecular weight is 202 g/mol. The average Bonchev–Trinajstić information content (AvgIpc) is 2.32. The summed E-state index contributed by atoms with van der Waals surface area (Å²) in [6.07, 6.45) is 2.64. The molecule has 4 heteroatoms. The van der Waals surface area contributed by atoms with Crippen LogP contribution in [0.1, 0.15) is 39.0 Å². The summed E-state index contributed by atoms with van der Waals surface area (Å²) in [4.78, 5) is 11.2. The molecule has 0 aromatic heterocycles. The Bertz CT molecular complexity index is 181. The van der Waals surface area contributed by atoms with Gasteiger partial charge in [-0.25, -0.2) is 0 Å². The molecule has 82 valence electrons. The molecule has 14 heavy (non-hydrogen) atoms. The molecule has 0 saturated carbocycles. The molecular weight excluding hydrogens is 184 g/mol. The number of carbonyl (C=O) groups excluding carboxylic acids is 1. The lowest BCUT2D eigenvalue weighted by Gasteiger charge is -2.15. The minimum atomic E-state index is -0.690. The van der Waals surface area contributed by atoms with Crippen molar-refractivity contribution < 1.29 is 19.4 Å². The van der Waals surface area contributed by atoms with Crippen LogP contribution in [0.3, 0.4) is 0 Å². The first kappa shape index (κ1) is 11.5. The van der Waals surface area contributed by atoms with E-state index in [1.807, 2.05) is 6.92 Å². The Morgan fingerprint density at radius 3 is 3.07 bits per heavy atom. The second-order valence-corrected chi connectivity index (χ2v) is 3.58. The predicted octanol–water partition coefficient (Wildman–Crippen LogP) is 1.22. The van der Waals surface area contributed by atoms with E-state index >= 15 is 0 Å². The number of aliphatic hydroxyl groups is 1. The maximum absolute atomic E-state index is 11.2. The molecule has 0 aromatic carbocycles. The maximum atomic E-state index is 11.2. The molecule has 1 rings (SSSR count). The third kappa shape index (κ3) is 4.07. The van der Waals surface area contributed by atoms with Gasteiger partial charge in [0.05, 0.1) is 6.61 Å². The second kappa shape index (κ2) is 5.98. The summed E-state index contributed by atoms with van der Waals surface area (Å²) in [5.74, 6) is -0.169. The normalized spacial score (nSPS) is 28.1. The molecule has 0 aromatic rings. The molecule has 1 aliphatic heterocycles. The van der Waals surface area contributed by atoms with Gasteiger partial charge in [0.15, 0.2) is 6.29 Å². The van der Waals surface area contributed by atoms with Crippen molar-refractivity contribution in [3.8, 4) is 0 Å². The van der Waals surface area contributed by atoms with Gasteiger partial charge >= 0.3 is 5.97 Å². The molecule has 1 N–H and O–H groups in total. The topological polar surface area (TPSA) is 55.8 Å². The van der Waals surface area contributed by atoms with Crippen molar-refractivity contribution in [3.63, 3.8) is 0 Å². The molecular formula is C10H18O4. The first-order valence-corrected chi connectivity index (χ1v) is 5.21. The van der Waals surface area contributed by atoms with E-state index in [2.05, 4.69) is 0 Å². The van der Waals surface area contributed by atoms with Crippen molar-refractivity contribution in [3.05, 3.63) is 0 Å². The second-order valence-electron chi connectivity index (χ2n) is 3.58. The highest BCUT2D eigenvalue weighted by atomic mass is 16.6. The Labute approximate surface area is 84.2 Å². The molecule has 0 radical (unpaired) electrons. The van der Waals surface area contributed by atoms with Gasteiger partial charge in [-0.1, -0.05) is 6.92 Å². The Hall–Kier alpha value is -0.610. The van der Waals surface area contributed by atoms with E-state index in [4.69, 9.17) is 9.47 Å². The summed E-state index contributed by atoms with van der Waals surface area (Å²) in [6, 6.07) is 0. The number of aliphatic hydroxyl groups excluding tert-OH is 1. The lowest BCUT2D eigenvalue weighted by atomic mass is 10.2. The number of esters is 1. The summed E-state index contributed by atoms with van der Waals surface area (Å²) < 4.78 is 10.3. The van der Waals surface area contributed by atoms with E-state index in [0.29, 0.717) is 19.4 Å². The zero-order chi connectivity index (χ0) is 10.4. The first-order valence-electron chi connectivity index (χ1n) is 5.21. The van der Waals surface area contributed by atoms with Crippen LogP contribution in [-0.4, -0.2) is 30.1 Å². The molecule has 4 nitrogen and oxygen atoms in total. The summed E-state index contributed by atoms with van der Waals surface area (Å²) in [5, 5.41) is 9.18. The fourth-order valence-electron chi connectivity index (χ4n) is 1.45. The molecule has 1 fully saturated rings. The highest BCUT2D eigenvalue weighted by molar-refractivity contribution is 5.69. The van der Waals surface area contributed by atoms with Gasteiger partial charge in [-0.15, -0.1) is 0 Å².